The molecule has 7 heteroatoms. The lowest BCUT2D eigenvalue weighted by Gasteiger charge is -2.36. The number of anilines is 1. The minimum absolute atomic E-state index is 0.101. The SMILES string of the molecule is CO[C@@H]1CCN(c2cnc(C(=O)N(C)Cc3ccc4c(c3)CCN(C3CCC3)CC4)cn2)C1. The lowest BCUT2D eigenvalue weighted by atomic mass is 9.91. The third kappa shape index (κ3) is 4.89. The molecule has 2 fully saturated rings. The largest absolute Gasteiger partial charge is 0.380 e. The molecule has 0 radical (unpaired) electrons. The van der Waals surface area contributed by atoms with Crippen LogP contribution in [0.3, 0.4) is 0 Å². The number of rotatable bonds is 6. The van der Waals surface area contributed by atoms with Crippen LogP contribution in [0.25, 0.3) is 0 Å². The molecular formula is C26H35N5O2. The summed E-state index contributed by atoms with van der Waals surface area (Å²) in [6.07, 6.45) is 10.9. The molecule has 1 aromatic carbocycles. The number of amides is 1. The van der Waals surface area contributed by atoms with Crippen LogP contribution >= 0.6 is 0 Å². The van der Waals surface area contributed by atoms with Gasteiger partial charge in [-0.2, -0.15) is 0 Å². The van der Waals surface area contributed by atoms with Gasteiger partial charge in [0.15, 0.2) is 0 Å². The highest BCUT2D eigenvalue weighted by molar-refractivity contribution is 5.91. The van der Waals surface area contributed by atoms with E-state index in [4.69, 9.17) is 4.74 Å². The maximum Gasteiger partial charge on any atom is 0.274 e. The molecule has 176 valence electrons. The smallest absolute Gasteiger partial charge is 0.274 e. The fourth-order valence-electron chi connectivity index (χ4n) is 5.28. The van der Waals surface area contributed by atoms with Crippen LogP contribution in [0.15, 0.2) is 30.6 Å². The van der Waals surface area contributed by atoms with Gasteiger partial charge >= 0.3 is 0 Å². The summed E-state index contributed by atoms with van der Waals surface area (Å²) in [4.78, 5) is 28.4. The number of nitrogens with zero attached hydrogens (tertiary/aromatic N) is 5. The molecule has 5 rings (SSSR count). The summed E-state index contributed by atoms with van der Waals surface area (Å²) in [5.41, 5.74) is 4.47. The monoisotopic (exact) mass is 449 g/mol. The first kappa shape index (κ1) is 22.3. The fraction of sp³-hybridized carbons (Fsp3) is 0.577. The molecule has 3 heterocycles. The first-order valence-corrected chi connectivity index (χ1v) is 12.3. The zero-order valence-corrected chi connectivity index (χ0v) is 19.9. The van der Waals surface area contributed by atoms with E-state index in [0.29, 0.717) is 12.2 Å². The molecule has 33 heavy (non-hydrogen) atoms. The maximum absolute atomic E-state index is 13.0. The summed E-state index contributed by atoms with van der Waals surface area (Å²) < 4.78 is 5.42. The summed E-state index contributed by atoms with van der Waals surface area (Å²) in [6, 6.07) is 7.56. The number of fused-ring (bicyclic) bond motifs is 1. The lowest BCUT2D eigenvalue weighted by molar-refractivity contribution is 0.0778. The van der Waals surface area contributed by atoms with Crippen LogP contribution in [-0.2, 0) is 24.1 Å². The molecule has 1 atom stereocenters. The van der Waals surface area contributed by atoms with Gasteiger partial charge in [-0.25, -0.2) is 9.97 Å². The van der Waals surface area contributed by atoms with Crippen molar-refractivity contribution in [3.8, 4) is 0 Å². The molecule has 0 spiro atoms. The van der Waals surface area contributed by atoms with Gasteiger partial charge in [0.25, 0.3) is 5.91 Å². The Bertz CT molecular complexity index is 975. The molecule has 1 amide bonds. The van der Waals surface area contributed by atoms with Crippen molar-refractivity contribution in [2.75, 3.05) is 45.2 Å². The van der Waals surface area contributed by atoms with Crippen LogP contribution in [0.4, 0.5) is 5.82 Å². The summed E-state index contributed by atoms with van der Waals surface area (Å²) in [7, 11) is 3.58. The molecule has 0 unspecified atom stereocenters. The van der Waals surface area contributed by atoms with Crippen molar-refractivity contribution in [2.45, 2.75) is 57.2 Å². The second-order valence-electron chi connectivity index (χ2n) is 9.74. The Balaban J connectivity index is 1.19. The predicted octanol–water partition coefficient (Wildman–Crippen LogP) is 2.93. The Morgan fingerprint density at radius 2 is 1.91 bits per heavy atom. The number of carbonyl (C=O) groups excluding carboxylic acids is 1. The van der Waals surface area contributed by atoms with Crippen LogP contribution in [0, 0.1) is 0 Å². The van der Waals surface area contributed by atoms with E-state index in [1.807, 2.05) is 7.05 Å². The Kier molecular flexibility index (Phi) is 6.60. The summed E-state index contributed by atoms with van der Waals surface area (Å²) in [5.74, 6) is 0.701. The molecule has 1 saturated carbocycles. The van der Waals surface area contributed by atoms with Gasteiger partial charge in [0.05, 0.1) is 18.5 Å². The lowest BCUT2D eigenvalue weighted by Crippen LogP contribution is -2.41. The maximum atomic E-state index is 13.0. The topological polar surface area (TPSA) is 61.8 Å². The van der Waals surface area contributed by atoms with Crippen LogP contribution in [0.2, 0.25) is 0 Å². The van der Waals surface area contributed by atoms with Gasteiger partial charge in [-0.15, -0.1) is 0 Å². The van der Waals surface area contributed by atoms with Crippen molar-refractivity contribution >= 4 is 11.7 Å². The number of ether oxygens (including phenoxy) is 1. The summed E-state index contributed by atoms with van der Waals surface area (Å²) in [5, 5.41) is 0. The number of benzene rings is 1. The van der Waals surface area contributed by atoms with Gasteiger partial charge < -0.3 is 14.5 Å². The first-order chi connectivity index (χ1) is 16.1. The molecule has 1 saturated heterocycles. The van der Waals surface area contributed by atoms with Crippen molar-refractivity contribution in [3.63, 3.8) is 0 Å². The van der Waals surface area contributed by atoms with Crippen molar-refractivity contribution in [2.24, 2.45) is 0 Å². The number of hydrogen-bond acceptors (Lipinski definition) is 6. The van der Waals surface area contributed by atoms with E-state index < -0.39 is 0 Å². The van der Waals surface area contributed by atoms with E-state index in [-0.39, 0.29) is 12.0 Å². The van der Waals surface area contributed by atoms with Crippen LogP contribution in [-0.4, -0.2) is 78.2 Å². The molecule has 0 N–H and O–H groups in total. The highest BCUT2D eigenvalue weighted by Gasteiger charge is 2.27. The van der Waals surface area contributed by atoms with E-state index in [0.717, 1.165) is 50.8 Å². The Morgan fingerprint density at radius 3 is 2.58 bits per heavy atom. The molecule has 1 aliphatic carbocycles. The van der Waals surface area contributed by atoms with Crippen LogP contribution in [0.5, 0.6) is 0 Å². The highest BCUT2D eigenvalue weighted by Crippen LogP contribution is 2.28. The molecule has 3 aliphatic rings. The fourth-order valence-corrected chi connectivity index (χ4v) is 5.28. The van der Waals surface area contributed by atoms with Crippen molar-refractivity contribution in [1.82, 2.24) is 19.8 Å². The van der Waals surface area contributed by atoms with Gasteiger partial charge in [0.2, 0.25) is 0 Å². The van der Waals surface area contributed by atoms with Gasteiger partial charge in [-0.05, 0) is 48.8 Å². The predicted molar refractivity (Wildman–Crippen MR) is 129 cm³/mol. The Morgan fingerprint density at radius 1 is 1.09 bits per heavy atom. The van der Waals surface area contributed by atoms with Gasteiger partial charge in [-0.1, -0.05) is 24.6 Å². The van der Waals surface area contributed by atoms with Crippen molar-refractivity contribution < 1.29 is 9.53 Å². The minimum atomic E-state index is -0.101. The van der Waals surface area contributed by atoms with Crippen LogP contribution < -0.4 is 4.90 Å². The number of carbonyl (C=O) groups is 1. The van der Waals surface area contributed by atoms with Crippen molar-refractivity contribution in [1.29, 1.82) is 0 Å². The average molecular weight is 450 g/mol. The Hall–Kier alpha value is -2.51. The van der Waals surface area contributed by atoms with Gasteiger partial charge in [0, 0.05) is 52.9 Å². The normalized spacial score (nSPS) is 21.4. The molecule has 2 aliphatic heterocycles. The molecule has 7 nitrogen and oxygen atoms in total. The van der Waals surface area contributed by atoms with E-state index in [1.165, 1.54) is 42.5 Å². The van der Waals surface area contributed by atoms with Crippen molar-refractivity contribution in [3.05, 3.63) is 53.0 Å². The van der Waals surface area contributed by atoms with E-state index >= 15 is 0 Å². The zero-order chi connectivity index (χ0) is 22.8. The molecular weight excluding hydrogens is 414 g/mol. The third-order valence-electron chi connectivity index (χ3n) is 7.62. The number of aromatic nitrogens is 2. The quantitative estimate of drug-likeness (QED) is 0.676. The molecule has 0 bridgehead atoms. The van der Waals surface area contributed by atoms with Crippen LogP contribution in [0.1, 0.15) is 52.9 Å². The minimum Gasteiger partial charge on any atom is -0.380 e. The van der Waals surface area contributed by atoms with E-state index in [2.05, 4.69) is 38.0 Å². The molecule has 2 aromatic rings. The van der Waals surface area contributed by atoms with E-state index in [9.17, 15) is 4.79 Å². The second-order valence-corrected chi connectivity index (χ2v) is 9.74. The van der Waals surface area contributed by atoms with Gasteiger partial charge in [-0.3, -0.25) is 9.69 Å². The van der Waals surface area contributed by atoms with E-state index in [1.54, 1.807) is 24.4 Å². The first-order valence-electron chi connectivity index (χ1n) is 12.3. The summed E-state index contributed by atoms with van der Waals surface area (Å²) >= 11 is 0. The second kappa shape index (κ2) is 9.77. The van der Waals surface area contributed by atoms with Gasteiger partial charge in [0.1, 0.15) is 11.5 Å². The highest BCUT2D eigenvalue weighted by atomic mass is 16.5. The third-order valence-corrected chi connectivity index (χ3v) is 7.62. The standard InChI is InChI=1S/C26H35N5O2/c1-29(26(32)24-15-28-25(16-27-24)31-13-10-23(18-31)33-2)17-19-6-7-20-8-11-30(22-4-3-5-22)12-9-21(20)14-19/h6-7,14-16,22-23H,3-5,8-13,17-18H2,1-2H3/t23-/m1/s1. The average Bonchev–Trinajstić information content (AvgIpc) is 3.20. The number of methoxy groups -OCH3 is 1. The number of hydrogen-bond donors (Lipinski definition) is 0. The Labute approximate surface area is 196 Å². The molecule has 1 aromatic heterocycles. The summed E-state index contributed by atoms with van der Waals surface area (Å²) in [6.45, 7) is 4.61. The zero-order valence-electron chi connectivity index (χ0n) is 19.9.